The number of carbonyl (C=O) groups is 1. The third-order valence-electron chi connectivity index (χ3n) is 3.51. The molecule has 1 atom stereocenters. The summed E-state index contributed by atoms with van der Waals surface area (Å²) >= 11 is 7.55. The van der Waals surface area contributed by atoms with Gasteiger partial charge in [-0.15, -0.1) is 11.8 Å². The fraction of sp³-hybridized carbons (Fsp3) is 0.316. The summed E-state index contributed by atoms with van der Waals surface area (Å²) in [5.74, 6) is 1.49. The van der Waals surface area contributed by atoms with Crippen molar-refractivity contribution in [2.45, 2.75) is 31.3 Å². The van der Waals surface area contributed by atoms with Crippen LogP contribution in [0.2, 0.25) is 5.02 Å². The molecule has 0 unspecified atom stereocenters. The van der Waals surface area contributed by atoms with Crippen LogP contribution in [-0.4, -0.2) is 24.3 Å². The Morgan fingerprint density at radius 2 is 1.92 bits per heavy atom. The highest BCUT2D eigenvalue weighted by atomic mass is 35.5. The number of thioether (sulfide) groups is 1. The van der Waals surface area contributed by atoms with Gasteiger partial charge in [-0.1, -0.05) is 36.7 Å². The van der Waals surface area contributed by atoms with Crippen LogP contribution in [0.4, 0.5) is 0 Å². The summed E-state index contributed by atoms with van der Waals surface area (Å²) in [6.45, 7) is 4.52. The number of amides is 1. The number of hydrogen-bond acceptors (Lipinski definition) is 3. The first-order valence-corrected chi connectivity index (χ1v) is 9.35. The van der Waals surface area contributed by atoms with E-state index in [1.807, 2.05) is 62.4 Å². The fourth-order valence-corrected chi connectivity index (χ4v) is 3.05. The minimum absolute atomic E-state index is 0.0718. The van der Waals surface area contributed by atoms with E-state index >= 15 is 0 Å². The Kier molecular flexibility index (Phi) is 7.47. The van der Waals surface area contributed by atoms with Gasteiger partial charge >= 0.3 is 0 Å². The Balaban J connectivity index is 1.77. The quantitative estimate of drug-likeness (QED) is 0.545. The van der Waals surface area contributed by atoms with E-state index < -0.39 is 6.10 Å². The summed E-state index contributed by atoms with van der Waals surface area (Å²) in [4.78, 5) is 13.4. The molecule has 0 radical (unpaired) electrons. The van der Waals surface area contributed by atoms with Crippen molar-refractivity contribution in [2.75, 3.05) is 12.3 Å². The van der Waals surface area contributed by atoms with Crippen LogP contribution in [0.25, 0.3) is 0 Å². The molecule has 0 saturated heterocycles. The number of aryl methyl sites for hydroxylation is 1. The second-order valence-electron chi connectivity index (χ2n) is 5.37. The zero-order valence-corrected chi connectivity index (χ0v) is 15.5. The Bertz CT molecular complexity index is 661. The molecule has 0 aliphatic carbocycles. The molecule has 24 heavy (non-hydrogen) atoms. The van der Waals surface area contributed by atoms with Gasteiger partial charge in [0, 0.05) is 22.2 Å². The second kappa shape index (κ2) is 9.60. The van der Waals surface area contributed by atoms with Gasteiger partial charge in [0.15, 0.2) is 6.10 Å². The van der Waals surface area contributed by atoms with Crippen LogP contribution >= 0.6 is 23.4 Å². The van der Waals surface area contributed by atoms with Crippen molar-refractivity contribution in [1.82, 2.24) is 5.32 Å². The lowest BCUT2D eigenvalue weighted by molar-refractivity contribution is -0.128. The lowest BCUT2D eigenvalue weighted by Gasteiger charge is -2.18. The molecule has 128 valence electrons. The van der Waals surface area contributed by atoms with Crippen LogP contribution in [0, 0.1) is 6.92 Å². The summed E-state index contributed by atoms with van der Waals surface area (Å²) in [6.07, 6.45) is 0.163. The highest BCUT2D eigenvalue weighted by Crippen LogP contribution is 2.20. The maximum atomic E-state index is 12.3. The van der Waals surface area contributed by atoms with E-state index in [2.05, 4.69) is 5.32 Å². The molecule has 2 aromatic rings. The first kappa shape index (κ1) is 18.7. The molecule has 2 rings (SSSR count). The average molecular weight is 364 g/mol. The molecule has 0 bridgehead atoms. The fourth-order valence-electron chi connectivity index (χ4n) is 2.15. The van der Waals surface area contributed by atoms with Crippen LogP contribution in [0.15, 0.2) is 53.4 Å². The third kappa shape index (κ3) is 5.77. The normalized spacial score (nSPS) is 11.8. The van der Waals surface area contributed by atoms with Gasteiger partial charge in [-0.3, -0.25) is 4.79 Å². The standard InChI is InChI=1S/C19H22ClNO2S/c1-3-17(23-18-7-5-4-6-14(18)2)19(22)21-12-13-24-16-10-8-15(20)9-11-16/h4-11,17H,3,12-13H2,1-2H3,(H,21,22)/t17-/m1/s1. The van der Waals surface area contributed by atoms with E-state index in [9.17, 15) is 4.79 Å². The van der Waals surface area contributed by atoms with Gasteiger partial charge < -0.3 is 10.1 Å². The average Bonchev–Trinajstić information content (AvgIpc) is 2.59. The molecule has 0 fully saturated rings. The first-order valence-electron chi connectivity index (χ1n) is 7.98. The molecule has 1 amide bonds. The molecule has 0 aliphatic heterocycles. The number of rotatable bonds is 8. The molecule has 0 heterocycles. The van der Waals surface area contributed by atoms with Crippen LogP contribution in [0.1, 0.15) is 18.9 Å². The number of hydrogen-bond donors (Lipinski definition) is 1. The molecule has 0 aromatic heterocycles. The first-order chi connectivity index (χ1) is 11.6. The van der Waals surface area contributed by atoms with E-state index in [0.29, 0.717) is 13.0 Å². The Labute approximate surface area is 152 Å². The largest absolute Gasteiger partial charge is 0.480 e. The molecule has 3 nitrogen and oxygen atoms in total. The number of carbonyl (C=O) groups excluding carboxylic acids is 1. The van der Waals surface area contributed by atoms with Crippen molar-refractivity contribution >= 4 is 29.3 Å². The zero-order chi connectivity index (χ0) is 17.4. The van der Waals surface area contributed by atoms with Gasteiger partial charge in [0.1, 0.15) is 5.75 Å². The van der Waals surface area contributed by atoms with E-state index in [1.165, 1.54) is 0 Å². The second-order valence-corrected chi connectivity index (χ2v) is 6.98. The molecule has 2 aromatic carbocycles. The molecule has 5 heteroatoms. The topological polar surface area (TPSA) is 38.3 Å². The minimum Gasteiger partial charge on any atom is -0.480 e. The number of para-hydroxylation sites is 1. The molecular formula is C19H22ClNO2S. The van der Waals surface area contributed by atoms with E-state index in [1.54, 1.807) is 11.8 Å². The zero-order valence-electron chi connectivity index (χ0n) is 13.9. The Morgan fingerprint density at radius 1 is 1.21 bits per heavy atom. The number of halogens is 1. The predicted octanol–water partition coefficient (Wildman–Crippen LogP) is 4.71. The van der Waals surface area contributed by atoms with Gasteiger partial charge in [0.05, 0.1) is 0 Å². The molecule has 0 aliphatic rings. The van der Waals surface area contributed by atoms with Crippen LogP contribution < -0.4 is 10.1 Å². The molecule has 0 spiro atoms. The van der Waals surface area contributed by atoms with Crippen molar-refractivity contribution in [3.63, 3.8) is 0 Å². The van der Waals surface area contributed by atoms with Crippen molar-refractivity contribution in [1.29, 1.82) is 0 Å². The SMILES string of the molecule is CC[C@@H](Oc1ccccc1C)C(=O)NCCSc1ccc(Cl)cc1. The summed E-state index contributed by atoms with van der Waals surface area (Å²) < 4.78 is 5.85. The monoisotopic (exact) mass is 363 g/mol. The third-order valence-corrected chi connectivity index (χ3v) is 4.78. The Morgan fingerprint density at radius 3 is 2.58 bits per heavy atom. The summed E-state index contributed by atoms with van der Waals surface area (Å²) in [7, 11) is 0. The van der Waals surface area contributed by atoms with Crippen LogP contribution in [0.3, 0.4) is 0 Å². The lowest BCUT2D eigenvalue weighted by atomic mass is 10.2. The van der Waals surface area contributed by atoms with Crippen molar-refractivity contribution in [2.24, 2.45) is 0 Å². The van der Waals surface area contributed by atoms with E-state index in [4.69, 9.17) is 16.3 Å². The molecule has 0 saturated carbocycles. The van der Waals surface area contributed by atoms with Crippen molar-refractivity contribution < 1.29 is 9.53 Å². The number of nitrogens with one attached hydrogen (secondary N) is 1. The smallest absolute Gasteiger partial charge is 0.261 e. The van der Waals surface area contributed by atoms with Crippen molar-refractivity contribution in [3.05, 3.63) is 59.1 Å². The lowest BCUT2D eigenvalue weighted by Crippen LogP contribution is -2.39. The molecule has 1 N–H and O–H groups in total. The maximum Gasteiger partial charge on any atom is 0.261 e. The van der Waals surface area contributed by atoms with Gasteiger partial charge in [-0.2, -0.15) is 0 Å². The van der Waals surface area contributed by atoms with E-state index in [-0.39, 0.29) is 5.91 Å². The van der Waals surface area contributed by atoms with Crippen molar-refractivity contribution in [3.8, 4) is 5.75 Å². The summed E-state index contributed by atoms with van der Waals surface area (Å²) in [5, 5.41) is 3.67. The van der Waals surface area contributed by atoms with Gasteiger partial charge in [0.25, 0.3) is 5.91 Å². The summed E-state index contributed by atoms with van der Waals surface area (Å²) in [6, 6.07) is 15.4. The molecular weight excluding hydrogens is 342 g/mol. The number of benzene rings is 2. The highest BCUT2D eigenvalue weighted by Gasteiger charge is 2.18. The van der Waals surface area contributed by atoms with Crippen LogP contribution in [-0.2, 0) is 4.79 Å². The number of ether oxygens (including phenoxy) is 1. The van der Waals surface area contributed by atoms with Gasteiger partial charge in [0.2, 0.25) is 0 Å². The minimum atomic E-state index is -0.466. The summed E-state index contributed by atoms with van der Waals surface area (Å²) in [5.41, 5.74) is 1.03. The predicted molar refractivity (Wildman–Crippen MR) is 101 cm³/mol. The highest BCUT2D eigenvalue weighted by molar-refractivity contribution is 7.99. The van der Waals surface area contributed by atoms with Crippen LogP contribution in [0.5, 0.6) is 5.75 Å². The maximum absolute atomic E-state index is 12.3. The van der Waals surface area contributed by atoms with E-state index in [0.717, 1.165) is 27.0 Å². The Hall–Kier alpha value is -1.65. The van der Waals surface area contributed by atoms with Gasteiger partial charge in [-0.25, -0.2) is 0 Å². The van der Waals surface area contributed by atoms with Gasteiger partial charge in [-0.05, 0) is 49.2 Å².